The summed E-state index contributed by atoms with van der Waals surface area (Å²) >= 11 is 1.50. The van der Waals surface area contributed by atoms with Crippen LogP contribution in [-0.2, 0) is 0 Å². The number of hydrogen-bond acceptors (Lipinski definition) is 6. The van der Waals surface area contributed by atoms with Gasteiger partial charge < -0.3 is 16.8 Å². The van der Waals surface area contributed by atoms with Crippen LogP contribution >= 0.6 is 11.3 Å². The molecule has 16 heavy (non-hydrogen) atoms. The van der Waals surface area contributed by atoms with E-state index in [0.29, 0.717) is 17.4 Å². The lowest BCUT2D eigenvalue weighted by atomic mass is 10.1. The van der Waals surface area contributed by atoms with E-state index in [2.05, 4.69) is 15.3 Å². The van der Waals surface area contributed by atoms with Gasteiger partial charge in [-0.25, -0.2) is 9.97 Å². The van der Waals surface area contributed by atoms with Gasteiger partial charge in [0.1, 0.15) is 17.2 Å². The van der Waals surface area contributed by atoms with Crippen LogP contribution in [0.5, 0.6) is 0 Å². The zero-order valence-corrected chi connectivity index (χ0v) is 9.55. The molecular weight excluding hydrogens is 222 g/mol. The number of anilines is 2. The third kappa shape index (κ3) is 1.42. The van der Waals surface area contributed by atoms with E-state index < -0.39 is 0 Å². The first-order chi connectivity index (χ1) is 7.75. The molecule has 0 radical (unpaired) electrons. The van der Waals surface area contributed by atoms with Gasteiger partial charge in [0.15, 0.2) is 0 Å². The van der Waals surface area contributed by atoms with E-state index in [1.165, 1.54) is 11.3 Å². The summed E-state index contributed by atoms with van der Waals surface area (Å²) in [5.41, 5.74) is 13.3. The largest absolute Gasteiger partial charge is 0.396 e. The Morgan fingerprint density at radius 1 is 1.38 bits per heavy atom. The van der Waals surface area contributed by atoms with Crippen LogP contribution in [0, 0.1) is 0 Å². The quantitative estimate of drug-likeness (QED) is 0.684. The number of nitrogens with zero attached hydrogens (tertiary/aromatic N) is 2. The maximum Gasteiger partial charge on any atom is 0.145 e. The molecule has 5 nitrogen and oxygen atoms in total. The van der Waals surface area contributed by atoms with Crippen LogP contribution in [0.2, 0.25) is 0 Å². The highest BCUT2D eigenvalue weighted by Gasteiger charge is 2.21. The van der Waals surface area contributed by atoms with E-state index in [4.69, 9.17) is 11.5 Å². The van der Waals surface area contributed by atoms with Gasteiger partial charge in [0.2, 0.25) is 0 Å². The highest BCUT2D eigenvalue weighted by molar-refractivity contribution is 7.18. The second-order valence-corrected chi connectivity index (χ2v) is 4.91. The molecule has 6 heteroatoms. The van der Waals surface area contributed by atoms with Crippen molar-refractivity contribution in [1.82, 2.24) is 15.3 Å². The average molecular weight is 235 g/mol. The van der Waals surface area contributed by atoms with Crippen LogP contribution in [0.3, 0.4) is 0 Å². The molecule has 2 aromatic heterocycles. The number of hydrogen-bond donors (Lipinski definition) is 3. The molecular formula is C10H13N5S. The first kappa shape index (κ1) is 9.80. The number of aromatic nitrogens is 2. The van der Waals surface area contributed by atoms with Crippen molar-refractivity contribution in [3.8, 4) is 0 Å². The molecule has 1 saturated heterocycles. The molecule has 0 bridgehead atoms. The maximum absolute atomic E-state index is 5.92. The van der Waals surface area contributed by atoms with E-state index in [-0.39, 0.29) is 0 Å². The van der Waals surface area contributed by atoms with Crippen molar-refractivity contribution in [2.24, 2.45) is 0 Å². The third-order valence-electron chi connectivity index (χ3n) is 2.91. The summed E-state index contributed by atoms with van der Waals surface area (Å²) in [6.45, 7) is 1.94. The summed E-state index contributed by atoms with van der Waals surface area (Å²) in [6.07, 6.45) is 1.06. The van der Waals surface area contributed by atoms with Crippen LogP contribution in [0.1, 0.15) is 18.2 Å². The Morgan fingerprint density at radius 2 is 2.25 bits per heavy atom. The highest BCUT2D eigenvalue weighted by Crippen LogP contribution is 2.32. The summed E-state index contributed by atoms with van der Waals surface area (Å²) in [5, 5.41) is 5.16. The van der Waals surface area contributed by atoms with Crippen LogP contribution in [0.15, 0.2) is 5.38 Å². The zero-order valence-electron chi connectivity index (χ0n) is 8.73. The van der Waals surface area contributed by atoms with Gasteiger partial charge >= 0.3 is 0 Å². The minimum atomic E-state index is 0.367. The highest BCUT2D eigenvalue weighted by atomic mass is 32.1. The molecule has 0 aliphatic carbocycles. The second-order valence-electron chi connectivity index (χ2n) is 4.03. The van der Waals surface area contributed by atoms with Crippen molar-refractivity contribution in [1.29, 1.82) is 0 Å². The standard InChI is InChI=1S/C10H13N5S/c11-6-4-16-8-7(6)14-10(15-9(8)12)5-1-2-13-3-5/h4-5,13H,1-3,11H2,(H2,12,14,15)/t5-/m1/s1. The minimum Gasteiger partial charge on any atom is -0.396 e. The predicted octanol–water partition coefficient (Wildman–Crippen LogP) is 0.933. The molecule has 0 saturated carbocycles. The van der Waals surface area contributed by atoms with Gasteiger partial charge in [0.05, 0.1) is 10.4 Å². The van der Waals surface area contributed by atoms with Gasteiger partial charge in [-0.3, -0.25) is 0 Å². The molecule has 3 heterocycles. The fourth-order valence-corrected chi connectivity index (χ4v) is 2.83. The molecule has 1 atom stereocenters. The normalized spacial score (nSPS) is 20.6. The SMILES string of the molecule is Nc1csc2c(N)nc([C@@H]3CCNC3)nc12. The second kappa shape index (κ2) is 3.57. The smallest absolute Gasteiger partial charge is 0.145 e. The van der Waals surface area contributed by atoms with Crippen molar-refractivity contribution in [3.63, 3.8) is 0 Å². The lowest BCUT2D eigenvalue weighted by Gasteiger charge is -2.07. The van der Waals surface area contributed by atoms with E-state index in [1.54, 1.807) is 0 Å². The minimum absolute atomic E-state index is 0.367. The van der Waals surface area contributed by atoms with Crippen LogP contribution in [0.25, 0.3) is 10.2 Å². The third-order valence-corrected chi connectivity index (χ3v) is 3.92. The number of fused-ring (bicyclic) bond motifs is 1. The van der Waals surface area contributed by atoms with E-state index in [0.717, 1.165) is 35.6 Å². The molecule has 3 rings (SSSR count). The molecule has 0 amide bonds. The molecule has 1 fully saturated rings. The lowest BCUT2D eigenvalue weighted by Crippen LogP contribution is -2.11. The topological polar surface area (TPSA) is 89.9 Å². The Bertz CT molecular complexity index is 529. The van der Waals surface area contributed by atoms with Crippen LogP contribution < -0.4 is 16.8 Å². The van der Waals surface area contributed by atoms with Crippen LogP contribution in [0.4, 0.5) is 11.5 Å². The monoisotopic (exact) mass is 235 g/mol. The van der Waals surface area contributed by atoms with Gasteiger partial charge in [-0.1, -0.05) is 0 Å². The summed E-state index contributed by atoms with van der Waals surface area (Å²) in [4.78, 5) is 8.91. The summed E-state index contributed by atoms with van der Waals surface area (Å²) in [5.74, 6) is 1.74. The zero-order chi connectivity index (χ0) is 11.1. The first-order valence-corrected chi connectivity index (χ1v) is 6.14. The van der Waals surface area contributed by atoms with Gasteiger partial charge in [0.25, 0.3) is 0 Å². The van der Waals surface area contributed by atoms with Crippen molar-refractivity contribution < 1.29 is 0 Å². The summed E-state index contributed by atoms with van der Waals surface area (Å²) in [7, 11) is 0. The van der Waals surface area contributed by atoms with Crippen molar-refractivity contribution >= 4 is 33.1 Å². The number of nitrogen functional groups attached to an aromatic ring is 2. The predicted molar refractivity (Wildman–Crippen MR) is 66.5 cm³/mol. The Kier molecular flexibility index (Phi) is 2.19. The molecule has 0 spiro atoms. The molecule has 1 aliphatic rings. The molecule has 0 unspecified atom stereocenters. The van der Waals surface area contributed by atoms with Crippen molar-refractivity contribution in [3.05, 3.63) is 11.2 Å². The van der Waals surface area contributed by atoms with Gasteiger partial charge in [-0.15, -0.1) is 11.3 Å². The van der Waals surface area contributed by atoms with Gasteiger partial charge in [0, 0.05) is 17.8 Å². The van der Waals surface area contributed by atoms with E-state index >= 15 is 0 Å². The summed E-state index contributed by atoms with van der Waals surface area (Å²) in [6, 6.07) is 0. The van der Waals surface area contributed by atoms with E-state index in [1.807, 2.05) is 5.38 Å². The summed E-state index contributed by atoms with van der Waals surface area (Å²) < 4.78 is 0.896. The Labute approximate surface area is 96.9 Å². The Morgan fingerprint density at radius 3 is 3.00 bits per heavy atom. The van der Waals surface area contributed by atoms with Gasteiger partial charge in [-0.05, 0) is 13.0 Å². The number of nitrogens with two attached hydrogens (primary N) is 2. The fraction of sp³-hybridized carbons (Fsp3) is 0.400. The van der Waals surface area contributed by atoms with Crippen LogP contribution in [-0.4, -0.2) is 23.1 Å². The maximum atomic E-state index is 5.92. The molecule has 84 valence electrons. The fourth-order valence-electron chi connectivity index (χ4n) is 2.03. The number of thiophene rings is 1. The van der Waals surface area contributed by atoms with Gasteiger partial charge in [-0.2, -0.15) is 0 Å². The molecule has 0 aromatic carbocycles. The molecule has 1 aliphatic heterocycles. The Balaban J connectivity index is 2.15. The first-order valence-electron chi connectivity index (χ1n) is 5.26. The molecule has 2 aromatic rings. The average Bonchev–Trinajstić information content (AvgIpc) is 2.88. The molecule has 5 N–H and O–H groups in total. The van der Waals surface area contributed by atoms with Crippen molar-refractivity contribution in [2.45, 2.75) is 12.3 Å². The number of nitrogens with one attached hydrogen (secondary N) is 1. The lowest BCUT2D eigenvalue weighted by molar-refractivity contribution is 0.709. The number of rotatable bonds is 1. The Hall–Kier alpha value is -1.40. The van der Waals surface area contributed by atoms with Crippen molar-refractivity contribution in [2.75, 3.05) is 24.6 Å². The van der Waals surface area contributed by atoms with E-state index in [9.17, 15) is 0 Å².